The Kier molecular flexibility index (Phi) is 5.42. The minimum absolute atomic E-state index is 0.0778. The molecule has 0 fully saturated rings. The summed E-state index contributed by atoms with van der Waals surface area (Å²) in [7, 11) is 0. The number of para-hydroxylation sites is 1. The molecule has 0 atom stereocenters. The van der Waals surface area contributed by atoms with Crippen LogP contribution in [0, 0.1) is 5.82 Å². The van der Waals surface area contributed by atoms with Gasteiger partial charge in [-0.25, -0.2) is 4.39 Å². The van der Waals surface area contributed by atoms with E-state index in [2.05, 4.69) is 11.9 Å². The number of carbonyl (C=O) groups excluding carboxylic acids is 1. The van der Waals surface area contributed by atoms with Gasteiger partial charge in [0.05, 0.1) is 11.3 Å². The molecule has 0 heterocycles. The highest BCUT2D eigenvalue weighted by molar-refractivity contribution is 7.99. The lowest BCUT2D eigenvalue weighted by atomic mass is 10.2. The van der Waals surface area contributed by atoms with Gasteiger partial charge in [0.2, 0.25) is 0 Å². The molecule has 2 nitrogen and oxygen atoms in total. The van der Waals surface area contributed by atoms with E-state index in [9.17, 15) is 9.18 Å². The lowest BCUT2D eigenvalue weighted by molar-refractivity contribution is 0.102. The number of hydrogen-bond donors (Lipinski definition) is 1. The number of rotatable bonds is 5. The first-order valence-corrected chi connectivity index (χ1v) is 7.57. The highest BCUT2D eigenvalue weighted by atomic mass is 35.5. The summed E-state index contributed by atoms with van der Waals surface area (Å²) in [5.74, 6) is -0.409. The fourth-order valence-corrected chi connectivity index (χ4v) is 2.62. The highest BCUT2D eigenvalue weighted by Gasteiger charge is 2.14. The van der Waals surface area contributed by atoms with Crippen LogP contribution in [0.3, 0.4) is 0 Å². The van der Waals surface area contributed by atoms with Gasteiger partial charge in [-0.05, 0) is 30.3 Å². The SMILES string of the molecule is C=CCSc1ccccc1NC(=O)c1cc(Cl)ccc1F. The van der Waals surface area contributed by atoms with Gasteiger partial charge in [0.15, 0.2) is 0 Å². The topological polar surface area (TPSA) is 29.1 Å². The lowest BCUT2D eigenvalue weighted by Crippen LogP contribution is -2.14. The molecule has 0 aromatic heterocycles. The molecular weight excluding hydrogens is 309 g/mol. The zero-order valence-electron chi connectivity index (χ0n) is 11.1. The van der Waals surface area contributed by atoms with Crippen molar-refractivity contribution in [3.05, 3.63) is 71.5 Å². The summed E-state index contributed by atoms with van der Waals surface area (Å²) < 4.78 is 13.7. The smallest absolute Gasteiger partial charge is 0.258 e. The predicted molar refractivity (Wildman–Crippen MR) is 86.7 cm³/mol. The third-order valence-corrected chi connectivity index (χ3v) is 3.97. The first kappa shape index (κ1) is 15.6. The van der Waals surface area contributed by atoms with Crippen molar-refractivity contribution in [1.82, 2.24) is 0 Å². The van der Waals surface area contributed by atoms with E-state index >= 15 is 0 Å². The van der Waals surface area contributed by atoms with Gasteiger partial charge >= 0.3 is 0 Å². The monoisotopic (exact) mass is 321 g/mol. The van der Waals surface area contributed by atoms with Gasteiger partial charge in [-0.3, -0.25) is 4.79 Å². The average Bonchev–Trinajstić information content (AvgIpc) is 2.48. The molecule has 0 saturated carbocycles. The standard InChI is InChI=1S/C16H13ClFNOS/c1-2-9-21-15-6-4-3-5-14(15)19-16(20)12-10-11(17)7-8-13(12)18/h2-8,10H,1,9H2,(H,19,20). The Morgan fingerprint density at radius 3 is 2.86 bits per heavy atom. The molecule has 2 aromatic rings. The van der Waals surface area contributed by atoms with Crippen LogP contribution < -0.4 is 5.32 Å². The van der Waals surface area contributed by atoms with Gasteiger partial charge in [0.1, 0.15) is 5.82 Å². The summed E-state index contributed by atoms with van der Waals surface area (Å²) >= 11 is 7.34. The van der Waals surface area contributed by atoms with E-state index in [4.69, 9.17) is 11.6 Å². The Morgan fingerprint density at radius 2 is 2.10 bits per heavy atom. The van der Waals surface area contributed by atoms with Crippen molar-refractivity contribution in [2.45, 2.75) is 4.90 Å². The molecule has 5 heteroatoms. The molecule has 2 aromatic carbocycles. The van der Waals surface area contributed by atoms with Gasteiger partial charge in [-0.2, -0.15) is 0 Å². The number of amides is 1. The Morgan fingerprint density at radius 1 is 1.33 bits per heavy atom. The van der Waals surface area contributed by atoms with Crippen LogP contribution >= 0.6 is 23.4 Å². The van der Waals surface area contributed by atoms with E-state index < -0.39 is 11.7 Å². The second-order valence-electron chi connectivity index (χ2n) is 4.17. The maximum atomic E-state index is 13.7. The van der Waals surface area contributed by atoms with Crippen LogP contribution in [0.15, 0.2) is 60.0 Å². The second kappa shape index (κ2) is 7.29. The molecule has 0 spiro atoms. The predicted octanol–water partition coefficient (Wildman–Crippen LogP) is 5.01. The normalized spacial score (nSPS) is 10.2. The molecule has 2 rings (SSSR count). The van der Waals surface area contributed by atoms with Crippen molar-refractivity contribution in [2.75, 3.05) is 11.1 Å². The molecule has 0 aliphatic heterocycles. The van der Waals surface area contributed by atoms with E-state index in [1.807, 2.05) is 18.2 Å². The van der Waals surface area contributed by atoms with Gasteiger partial charge < -0.3 is 5.32 Å². The first-order valence-electron chi connectivity index (χ1n) is 6.21. The number of hydrogen-bond acceptors (Lipinski definition) is 2. The molecule has 1 N–H and O–H groups in total. The van der Waals surface area contributed by atoms with E-state index in [0.717, 1.165) is 10.6 Å². The third kappa shape index (κ3) is 4.09. The maximum absolute atomic E-state index is 13.7. The molecule has 0 unspecified atom stereocenters. The molecule has 0 aliphatic rings. The minimum atomic E-state index is -0.604. The summed E-state index contributed by atoms with van der Waals surface area (Å²) in [6.07, 6.45) is 1.78. The molecule has 1 amide bonds. The van der Waals surface area contributed by atoms with Gasteiger partial charge in [-0.1, -0.05) is 29.8 Å². The van der Waals surface area contributed by atoms with Crippen LogP contribution in [0.25, 0.3) is 0 Å². The molecular formula is C16H13ClFNOS. The van der Waals surface area contributed by atoms with Crippen molar-refractivity contribution in [1.29, 1.82) is 0 Å². The van der Waals surface area contributed by atoms with Crippen LogP contribution in [-0.4, -0.2) is 11.7 Å². The fourth-order valence-electron chi connectivity index (χ4n) is 1.71. The van der Waals surface area contributed by atoms with Crippen molar-refractivity contribution in [2.24, 2.45) is 0 Å². The molecule has 0 radical (unpaired) electrons. The van der Waals surface area contributed by atoms with E-state index in [-0.39, 0.29) is 5.56 Å². The average molecular weight is 322 g/mol. The summed E-state index contributed by atoms with van der Waals surface area (Å²) in [5.41, 5.74) is 0.555. The Balaban J connectivity index is 2.23. The van der Waals surface area contributed by atoms with Crippen molar-refractivity contribution >= 4 is 35.0 Å². The number of halogens is 2. The number of thioether (sulfide) groups is 1. The van der Waals surface area contributed by atoms with Gasteiger partial charge in [0.25, 0.3) is 5.91 Å². The van der Waals surface area contributed by atoms with E-state index in [1.54, 1.807) is 12.1 Å². The molecule has 21 heavy (non-hydrogen) atoms. The number of benzene rings is 2. The fraction of sp³-hybridized carbons (Fsp3) is 0.0625. The largest absolute Gasteiger partial charge is 0.321 e. The number of carbonyl (C=O) groups is 1. The lowest BCUT2D eigenvalue weighted by Gasteiger charge is -2.10. The van der Waals surface area contributed by atoms with Gasteiger partial charge in [-0.15, -0.1) is 18.3 Å². The van der Waals surface area contributed by atoms with Crippen LogP contribution in [0.4, 0.5) is 10.1 Å². The van der Waals surface area contributed by atoms with E-state index in [0.29, 0.717) is 10.7 Å². The van der Waals surface area contributed by atoms with Crippen LogP contribution in [0.1, 0.15) is 10.4 Å². The maximum Gasteiger partial charge on any atom is 0.258 e. The first-order chi connectivity index (χ1) is 10.1. The minimum Gasteiger partial charge on any atom is -0.321 e. The quantitative estimate of drug-likeness (QED) is 0.619. The third-order valence-electron chi connectivity index (χ3n) is 2.66. The zero-order valence-corrected chi connectivity index (χ0v) is 12.7. The second-order valence-corrected chi connectivity index (χ2v) is 5.67. The van der Waals surface area contributed by atoms with Crippen LogP contribution in [0.2, 0.25) is 5.02 Å². The van der Waals surface area contributed by atoms with Crippen molar-refractivity contribution < 1.29 is 9.18 Å². The van der Waals surface area contributed by atoms with E-state index in [1.165, 1.54) is 30.0 Å². The van der Waals surface area contributed by atoms with Crippen molar-refractivity contribution in [3.8, 4) is 0 Å². The summed E-state index contributed by atoms with van der Waals surface area (Å²) in [6.45, 7) is 3.66. The number of nitrogens with one attached hydrogen (secondary N) is 1. The molecule has 0 saturated heterocycles. The highest BCUT2D eigenvalue weighted by Crippen LogP contribution is 2.27. The van der Waals surface area contributed by atoms with Crippen LogP contribution in [-0.2, 0) is 0 Å². The zero-order chi connectivity index (χ0) is 15.2. The Labute approximate surface area is 132 Å². The molecule has 0 bridgehead atoms. The summed E-state index contributed by atoms with van der Waals surface area (Å²) in [4.78, 5) is 13.1. The molecule has 0 aliphatic carbocycles. The Bertz CT molecular complexity index is 675. The summed E-state index contributed by atoms with van der Waals surface area (Å²) in [5, 5.41) is 3.03. The summed E-state index contributed by atoms with van der Waals surface area (Å²) in [6, 6.07) is 11.2. The molecule has 108 valence electrons. The van der Waals surface area contributed by atoms with Crippen molar-refractivity contribution in [3.63, 3.8) is 0 Å². The number of anilines is 1. The Hall–Kier alpha value is -1.78. The van der Waals surface area contributed by atoms with Crippen LogP contribution in [0.5, 0.6) is 0 Å². The van der Waals surface area contributed by atoms with Gasteiger partial charge in [0, 0.05) is 15.7 Å².